The van der Waals surface area contributed by atoms with Crippen molar-refractivity contribution < 1.29 is 13.2 Å². The molecule has 0 radical (unpaired) electrons. The van der Waals surface area contributed by atoms with E-state index < -0.39 is 11.7 Å². The molecule has 33 heavy (non-hydrogen) atoms. The number of benzene rings is 2. The summed E-state index contributed by atoms with van der Waals surface area (Å²) < 4.78 is 41.7. The molecule has 0 aliphatic carbocycles. The maximum atomic E-state index is 13.4. The highest BCUT2D eigenvalue weighted by Gasteiger charge is 2.31. The molecule has 3 aromatic heterocycles. The van der Waals surface area contributed by atoms with E-state index in [-0.39, 0.29) is 22.9 Å². The first-order valence-corrected chi connectivity index (χ1v) is 9.66. The van der Waals surface area contributed by atoms with Gasteiger partial charge in [0.15, 0.2) is 11.6 Å². The molecule has 3 heterocycles. The summed E-state index contributed by atoms with van der Waals surface area (Å²) in [5, 5.41) is 11.9. The predicted molar refractivity (Wildman–Crippen MR) is 112 cm³/mol. The van der Waals surface area contributed by atoms with E-state index in [9.17, 15) is 13.2 Å². The molecule has 0 bridgehead atoms. The molecule has 0 aliphatic rings. The lowest BCUT2D eigenvalue weighted by molar-refractivity contribution is -0.137. The zero-order valence-corrected chi connectivity index (χ0v) is 16.7. The zero-order chi connectivity index (χ0) is 22.8. The molecule has 11 heteroatoms. The Labute approximate surface area is 184 Å². The van der Waals surface area contributed by atoms with E-state index in [1.165, 1.54) is 41.6 Å². The van der Waals surface area contributed by atoms with E-state index in [1.807, 2.05) is 18.2 Å². The second-order valence-electron chi connectivity index (χ2n) is 6.87. The molecule has 0 saturated heterocycles. The number of rotatable bonds is 4. The Morgan fingerprint density at radius 3 is 2.45 bits per heavy atom. The van der Waals surface area contributed by atoms with Crippen molar-refractivity contribution in [3.05, 3.63) is 84.9 Å². The third kappa shape index (κ3) is 4.03. The standard InChI is InChI=1S/C22H13F3N8/c23-22(24,25)15-6-4-5-14(11-15)19-17(12-28-20(29-19)18-13-26-9-10-27-18)21-30-31-32-33(21)16-7-2-1-3-8-16/h1-13H. The molecule has 0 fully saturated rings. The summed E-state index contributed by atoms with van der Waals surface area (Å²) in [5.74, 6) is 0.484. The Balaban J connectivity index is 1.73. The maximum absolute atomic E-state index is 13.4. The molecule has 5 rings (SSSR count). The lowest BCUT2D eigenvalue weighted by Crippen LogP contribution is -2.06. The van der Waals surface area contributed by atoms with Crippen molar-refractivity contribution in [1.82, 2.24) is 40.1 Å². The van der Waals surface area contributed by atoms with Crippen molar-refractivity contribution in [1.29, 1.82) is 0 Å². The van der Waals surface area contributed by atoms with E-state index in [2.05, 4.69) is 35.5 Å². The summed E-state index contributed by atoms with van der Waals surface area (Å²) in [6.45, 7) is 0. The van der Waals surface area contributed by atoms with Crippen LogP contribution in [0.1, 0.15) is 5.56 Å². The number of alkyl halides is 3. The SMILES string of the molecule is FC(F)(F)c1cccc(-c2nc(-c3cnccn3)ncc2-c2nnnn2-c2ccccc2)c1. The van der Waals surface area contributed by atoms with Crippen LogP contribution in [0.5, 0.6) is 0 Å². The number of aromatic nitrogens is 8. The topological polar surface area (TPSA) is 95.2 Å². The normalized spacial score (nSPS) is 11.5. The fourth-order valence-corrected chi connectivity index (χ4v) is 3.24. The Morgan fingerprint density at radius 1 is 0.848 bits per heavy atom. The molecule has 162 valence electrons. The van der Waals surface area contributed by atoms with Gasteiger partial charge in [0.1, 0.15) is 5.69 Å². The molecule has 8 nitrogen and oxygen atoms in total. The molecular weight excluding hydrogens is 433 g/mol. The van der Waals surface area contributed by atoms with Gasteiger partial charge in [0.25, 0.3) is 0 Å². The van der Waals surface area contributed by atoms with Crippen molar-refractivity contribution in [3.63, 3.8) is 0 Å². The van der Waals surface area contributed by atoms with Crippen LogP contribution < -0.4 is 0 Å². The third-order valence-corrected chi connectivity index (χ3v) is 4.76. The Morgan fingerprint density at radius 2 is 1.70 bits per heavy atom. The molecule has 0 unspecified atom stereocenters. The van der Waals surface area contributed by atoms with Crippen molar-refractivity contribution in [2.75, 3.05) is 0 Å². The van der Waals surface area contributed by atoms with Gasteiger partial charge in [-0.1, -0.05) is 30.3 Å². The van der Waals surface area contributed by atoms with Gasteiger partial charge < -0.3 is 0 Å². The third-order valence-electron chi connectivity index (χ3n) is 4.76. The van der Waals surface area contributed by atoms with E-state index in [4.69, 9.17) is 0 Å². The number of nitrogens with zero attached hydrogens (tertiary/aromatic N) is 8. The van der Waals surface area contributed by atoms with E-state index in [1.54, 1.807) is 12.1 Å². The van der Waals surface area contributed by atoms with Crippen molar-refractivity contribution in [3.8, 4) is 39.9 Å². The summed E-state index contributed by atoms with van der Waals surface area (Å²) in [5.41, 5.74) is 1.06. The molecule has 5 aromatic rings. The summed E-state index contributed by atoms with van der Waals surface area (Å²) in [6.07, 6.45) is 1.41. The zero-order valence-electron chi connectivity index (χ0n) is 16.7. The van der Waals surface area contributed by atoms with Crippen molar-refractivity contribution in [2.24, 2.45) is 0 Å². The molecule has 2 aromatic carbocycles. The lowest BCUT2D eigenvalue weighted by atomic mass is 10.0. The highest BCUT2D eigenvalue weighted by Crippen LogP contribution is 2.35. The molecule has 0 spiro atoms. The van der Waals surface area contributed by atoms with Gasteiger partial charge in [-0.05, 0) is 34.7 Å². The smallest absolute Gasteiger partial charge is 0.261 e. The number of tetrazole rings is 1. The minimum Gasteiger partial charge on any atom is -0.261 e. The maximum Gasteiger partial charge on any atom is 0.416 e. The van der Waals surface area contributed by atoms with Crippen molar-refractivity contribution in [2.45, 2.75) is 6.18 Å². The van der Waals surface area contributed by atoms with Crippen LogP contribution in [0.25, 0.3) is 39.9 Å². The first-order valence-electron chi connectivity index (χ1n) is 9.66. The van der Waals surface area contributed by atoms with E-state index in [0.29, 0.717) is 16.9 Å². The van der Waals surface area contributed by atoms with Crippen LogP contribution in [0.3, 0.4) is 0 Å². The fraction of sp³-hybridized carbons (Fsp3) is 0.0455. The molecule has 0 N–H and O–H groups in total. The van der Waals surface area contributed by atoms with Crippen LogP contribution in [-0.4, -0.2) is 40.1 Å². The van der Waals surface area contributed by atoms with Gasteiger partial charge in [0.2, 0.25) is 0 Å². The number of halogens is 3. The van der Waals surface area contributed by atoms with Gasteiger partial charge in [-0.3, -0.25) is 4.98 Å². The highest BCUT2D eigenvalue weighted by atomic mass is 19.4. The van der Waals surface area contributed by atoms with Crippen molar-refractivity contribution >= 4 is 0 Å². The minimum atomic E-state index is -4.51. The monoisotopic (exact) mass is 446 g/mol. The van der Waals surface area contributed by atoms with Crippen LogP contribution in [0.2, 0.25) is 0 Å². The fourth-order valence-electron chi connectivity index (χ4n) is 3.24. The average molecular weight is 446 g/mol. The summed E-state index contributed by atoms with van der Waals surface area (Å²) >= 11 is 0. The van der Waals surface area contributed by atoms with Gasteiger partial charge in [-0.2, -0.15) is 17.9 Å². The second kappa shape index (κ2) is 8.19. The number of hydrogen-bond acceptors (Lipinski definition) is 7. The molecular formula is C22H13F3N8. The average Bonchev–Trinajstić information content (AvgIpc) is 3.34. The second-order valence-corrected chi connectivity index (χ2v) is 6.87. The van der Waals surface area contributed by atoms with Crippen LogP contribution in [0.4, 0.5) is 13.2 Å². The first-order chi connectivity index (χ1) is 16.0. The van der Waals surface area contributed by atoms with E-state index in [0.717, 1.165) is 12.1 Å². The summed E-state index contributed by atoms with van der Waals surface area (Å²) in [6, 6.07) is 14.0. The predicted octanol–water partition coefficient (Wildman–Crippen LogP) is 4.26. The Hall–Kier alpha value is -4.54. The lowest BCUT2D eigenvalue weighted by Gasteiger charge is -2.12. The van der Waals surface area contributed by atoms with Crippen LogP contribution in [0, 0.1) is 0 Å². The molecule has 0 amide bonds. The minimum absolute atomic E-state index is 0.206. The Bertz CT molecular complexity index is 1400. The number of hydrogen-bond donors (Lipinski definition) is 0. The van der Waals surface area contributed by atoms with Gasteiger partial charge in [0.05, 0.1) is 28.7 Å². The Kier molecular flexibility index (Phi) is 5.05. The summed E-state index contributed by atoms with van der Waals surface area (Å²) in [7, 11) is 0. The van der Waals surface area contributed by atoms with Gasteiger partial charge >= 0.3 is 6.18 Å². The number of para-hydroxylation sites is 1. The van der Waals surface area contributed by atoms with Gasteiger partial charge in [-0.15, -0.1) is 5.10 Å². The molecule has 0 aliphatic heterocycles. The van der Waals surface area contributed by atoms with Gasteiger partial charge in [-0.25, -0.2) is 15.0 Å². The van der Waals surface area contributed by atoms with Crippen LogP contribution in [-0.2, 0) is 6.18 Å². The molecule has 0 atom stereocenters. The first kappa shape index (κ1) is 20.4. The van der Waals surface area contributed by atoms with E-state index >= 15 is 0 Å². The van der Waals surface area contributed by atoms with Crippen LogP contribution >= 0.6 is 0 Å². The van der Waals surface area contributed by atoms with Crippen LogP contribution in [0.15, 0.2) is 79.4 Å². The van der Waals surface area contributed by atoms with Gasteiger partial charge in [0, 0.05) is 24.2 Å². The summed E-state index contributed by atoms with van der Waals surface area (Å²) in [4.78, 5) is 17.1. The highest BCUT2D eigenvalue weighted by molar-refractivity contribution is 5.79. The largest absolute Gasteiger partial charge is 0.416 e. The molecule has 0 saturated carbocycles. The quantitative estimate of drug-likeness (QED) is 0.407.